The van der Waals surface area contributed by atoms with Crippen molar-refractivity contribution in [3.8, 4) is 0 Å². The molecule has 10 heteroatoms. The SMILES string of the molecule is CNS(=O)(=O)c1cc(C(=O)NCCSCC(=O)O)c(C)o1. The van der Waals surface area contributed by atoms with Gasteiger partial charge in [0.15, 0.2) is 0 Å². The van der Waals surface area contributed by atoms with Crippen molar-refractivity contribution >= 4 is 33.7 Å². The van der Waals surface area contributed by atoms with E-state index in [0.717, 1.165) is 6.07 Å². The van der Waals surface area contributed by atoms with Crippen LogP contribution in [0.1, 0.15) is 16.1 Å². The number of rotatable bonds is 8. The van der Waals surface area contributed by atoms with E-state index in [2.05, 4.69) is 10.0 Å². The van der Waals surface area contributed by atoms with Gasteiger partial charge in [-0.1, -0.05) is 0 Å². The van der Waals surface area contributed by atoms with E-state index in [-0.39, 0.29) is 28.7 Å². The molecule has 1 aromatic heterocycles. The number of carbonyl (C=O) groups is 2. The van der Waals surface area contributed by atoms with E-state index < -0.39 is 21.9 Å². The van der Waals surface area contributed by atoms with E-state index in [1.54, 1.807) is 0 Å². The first-order valence-corrected chi connectivity index (χ1v) is 8.53. The maximum absolute atomic E-state index is 11.9. The van der Waals surface area contributed by atoms with Crippen molar-refractivity contribution in [2.45, 2.75) is 12.0 Å². The number of hydrogen-bond acceptors (Lipinski definition) is 6. The summed E-state index contributed by atoms with van der Waals surface area (Å²) in [5, 5.41) is 10.7. The van der Waals surface area contributed by atoms with Crippen LogP contribution in [0, 0.1) is 6.92 Å². The van der Waals surface area contributed by atoms with E-state index in [9.17, 15) is 18.0 Å². The molecule has 1 rings (SSSR count). The Balaban J connectivity index is 2.61. The number of sulfonamides is 1. The van der Waals surface area contributed by atoms with Crippen LogP contribution in [0.5, 0.6) is 0 Å². The third kappa shape index (κ3) is 5.06. The van der Waals surface area contributed by atoms with Gasteiger partial charge in [-0.2, -0.15) is 0 Å². The van der Waals surface area contributed by atoms with Crippen molar-refractivity contribution in [1.82, 2.24) is 10.0 Å². The minimum Gasteiger partial charge on any atom is -0.481 e. The summed E-state index contributed by atoms with van der Waals surface area (Å²) in [6.45, 7) is 1.76. The summed E-state index contributed by atoms with van der Waals surface area (Å²) in [7, 11) is -2.50. The van der Waals surface area contributed by atoms with Crippen LogP contribution in [0.25, 0.3) is 0 Å². The Hall–Kier alpha value is -1.52. The second kappa shape index (κ2) is 7.48. The number of carboxylic acid groups (broad SMARTS) is 1. The molecule has 0 atom stereocenters. The highest BCUT2D eigenvalue weighted by Gasteiger charge is 2.22. The molecule has 0 radical (unpaired) electrons. The predicted octanol–water partition coefficient (Wildman–Crippen LogP) is 0.0437. The third-order valence-electron chi connectivity index (χ3n) is 2.43. The zero-order valence-electron chi connectivity index (χ0n) is 11.5. The van der Waals surface area contributed by atoms with E-state index in [1.165, 1.54) is 25.7 Å². The Bertz CT molecular complexity index is 623. The largest absolute Gasteiger partial charge is 0.481 e. The Morgan fingerprint density at radius 1 is 1.43 bits per heavy atom. The van der Waals surface area contributed by atoms with Crippen molar-refractivity contribution in [2.75, 3.05) is 25.1 Å². The second-order valence-corrected chi connectivity index (χ2v) is 6.87. The topological polar surface area (TPSA) is 126 Å². The number of amides is 1. The number of carbonyl (C=O) groups excluding carboxylic acids is 1. The van der Waals surface area contributed by atoms with Crippen molar-refractivity contribution in [1.29, 1.82) is 0 Å². The molecule has 0 saturated carbocycles. The van der Waals surface area contributed by atoms with Crippen LogP contribution in [0.4, 0.5) is 0 Å². The zero-order chi connectivity index (χ0) is 16.0. The Kier molecular flexibility index (Phi) is 6.24. The molecule has 0 aliphatic rings. The van der Waals surface area contributed by atoms with Crippen LogP contribution in [0.2, 0.25) is 0 Å². The maximum Gasteiger partial charge on any atom is 0.313 e. The standard InChI is InChI=1S/C11H16N2O6S2/c1-7-8(5-10(19-7)21(17,18)12-2)11(16)13-3-4-20-6-9(14)15/h5,12H,3-4,6H2,1-2H3,(H,13,16)(H,14,15). The minimum atomic E-state index is -3.74. The number of nitrogens with one attached hydrogen (secondary N) is 2. The number of thioether (sulfide) groups is 1. The number of hydrogen-bond donors (Lipinski definition) is 3. The molecule has 8 nitrogen and oxygen atoms in total. The molecule has 0 unspecified atom stereocenters. The van der Waals surface area contributed by atoms with Crippen molar-refractivity contribution in [2.24, 2.45) is 0 Å². The van der Waals surface area contributed by atoms with Crippen LogP contribution in [-0.4, -0.2) is 50.5 Å². The number of furan rings is 1. The van der Waals surface area contributed by atoms with Gasteiger partial charge in [0.05, 0.1) is 11.3 Å². The average Bonchev–Trinajstić information content (AvgIpc) is 2.80. The van der Waals surface area contributed by atoms with Crippen LogP contribution < -0.4 is 10.0 Å². The first-order chi connectivity index (χ1) is 9.77. The number of carboxylic acids is 1. The molecular formula is C11H16N2O6S2. The molecule has 1 heterocycles. The highest BCUT2D eigenvalue weighted by molar-refractivity contribution is 7.99. The lowest BCUT2D eigenvalue weighted by Gasteiger charge is -2.02. The quantitative estimate of drug-likeness (QED) is 0.572. The first kappa shape index (κ1) is 17.5. The molecule has 0 bridgehead atoms. The molecule has 21 heavy (non-hydrogen) atoms. The Morgan fingerprint density at radius 3 is 2.67 bits per heavy atom. The lowest BCUT2D eigenvalue weighted by Crippen LogP contribution is -2.26. The van der Waals surface area contributed by atoms with Gasteiger partial charge in [-0.25, -0.2) is 13.1 Å². The van der Waals surface area contributed by atoms with E-state index in [4.69, 9.17) is 9.52 Å². The molecule has 0 saturated heterocycles. The fourth-order valence-electron chi connectivity index (χ4n) is 1.40. The van der Waals surface area contributed by atoms with Crippen LogP contribution >= 0.6 is 11.8 Å². The van der Waals surface area contributed by atoms with Crippen LogP contribution in [0.3, 0.4) is 0 Å². The van der Waals surface area contributed by atoms with Gasteiger partial charge in [-0.15, -0.1) is 11.8 Å². The van der Waals surface area contributed by atoms with Gasteiger partial charge in [-0.3, -0.25) is 9.59 Å². The van der Waals surface area contributed by atoms with Gasteiger partial charge in [-0.05, 0) is 14.0 Å². The highest BCUT2D eigenvalue weighted by atomic mass is 32.2. The smallest absolute Gasteiger partial charge is 0.313 e. The summed E-state index contributed by atoms with van der Waals surface area (Å²) in [6, 6.07) is 1.15. The van der Waals surface area contributed by atoms with Crippen molar-refractivity contribution in [3.63, 3.8) is 0 Å². The van der Waals surface area contributed by atoms with Gasteiger partial charge in [0.1, 0.15) is 5.76 Å². The highest BCUT2D eigenvalue weighted by Crippen LogP contribution is 2.18. The summed E-state index contributed by atoms with van der Waals surface area (Å²) in [5.41, 5.74) is 0.132. The molecule has 0 aliphatic heterocycles. The molecule has 0 spiro atoms. The van der Waals surface area contributed by atoms with Gasteiger partial charge in [0.2, 0.25) is 5.09 Å². The Labute approximate surface area is 126 Å². The summed E-state index contributed by atoms with van der Waals surface area (Å²) in [6.07, 6.45) is 0. The third-order valence-corrected chi connectivity index (χ3v) is 4.64. The van der Waals surface area contributed by atoms with Crippen LogP contribution in [-0.2, 0) is 14.8 Å². The summed E-state index contributed by atoms with van der Waals surface area (Å²) in [5.74, 6) is -0.787. The number of aliphatic carboxylic acids is 1. The van der Waals surface area contributed by atoms with E-state index in [1.807, 2.05) is 0 Å². The van der Waals surface area contributed by atoms with Gasteiger partial charge in [0.25, 0.3) is 15.9 Å². The fourth-order valence-corrected chi connectivity index (χ4v) is 2.68. The van der Waals surface area contributed by atoms with Gasteiger partial charge < -0.3 is 14.8 Å². The zero-order valence-corrected chi connectivity index (χ0v) is 13.1. The van der Waals surface area contributed by atoms with Crippen molar-refractivity contribution in [3.05, 3.63) is 17.4 Å². The average molecular weight is 336 g/mol. The molecule has 1 aromatic rings. The second-order valence-electron chi connectivity index (χ2n) is 3.95. The molecule has 1 amide bonds. The number of aryl methyl sites for hydroxylation is 1. The molecule has 0 fully saturated rings. The molecule has 3 N–H and O–H groups in total. The molecule has 118 valence electrons. The summed E-state index contributed by atoms with van der Waals surface area (Å²) >= 11 is 1.17. The fraction of sp³-hybridized carbons (Fsp3) is 0.455. The van der Waals surface area contributed by atoms with Crippen LogP contribution in [0.15, 0.2) is 15.6 Å². The van der Waals surface area contributed by atoms with Gasteiger partial charge in [0, 0.05) is 18.4 Å². The predicted molar refractivity (Wildman–Crippen MR) is 77.0 cm³/mol. The first-order valence-electron chi connectivity index (χ1n) is 5.89. The lowest BCUT2D eigenvalue weighted by atomic mass is 10.2. The summed E-state index contributed by atoms with van der Waals surface area (Å²) < 4.78 is 30.3. The molecule has 0 aliphatic carbocycles. The van der Waals surface area contributed by atoms with Gasteiger partial charge >= 0.3 is 5.97 Å². The lowest BCUT2D eigenvalue weighted by molar-refractivity contribution is -0.133. The van der Waals surface area contributed by atoms with E-state index in [0.29, 0.717) is 5.75 Å². The normalized spacial score (nSPS) is 11.3. The molecular weight excluding hydrogens is 320 g/mol. The maximum atomic E-state index is 11.9. The van der Waals surface area contributed by atoms with E-state index >= 15 is 0 Å². The summed E-state index contributed by atoms with van der Waals surface area (Å²) in [4.78, 5) is 22.2. The minimum absolute atomic E-state index is 0.0365. The molecule has 0 aromatic carbocycles. The Morgan fingerprint density at radius 2 is 2.10 bits per heavy atom. The monoisotopic (exact) mass is 336 g/mol. The van der Waals surface area contributed by atoms with Crippen molar-refractivity contribution < 1.29 is 27.5 Å².